The van der Waals surface area contributed by atoms with Crippen molar-refractivity contribution in [3.63, 3.8) is 0 Å². The fraction of sp³-hybridized carbons (Fsp3) is 0.167. The summed E-state index contributed by atoms with van der Waals surface area (Å²) in [5, 5.41) is -1.36. The van der Waals surface area contributed by atoms with Gasteiger partial charge in [-0.2, -0.15) is 0 Å². The number of carbonyl (C=O) groups is 1. The standard InChI is InChI=1S/C18H12ClF4N3O3/c1-3-29-18(28)7-5-26(17-9(21)4-8(20)16(24)25-17)14-10(15(7)27)6(2)12(22)13(23)11(14)19/h4-5H,3H2,1-2H3,(H2,24,25). The lowest BCUT2D eigenvalue weighted by Crippen LogP contribution is -2.23. The molecule has 0 unspecified atom stereocenters. The van der Waals surface area contributed by atoms with Crippen LogP contribution in [0.3, 0.4) is 0 Å². The zero-order chi connectivity index (χ0) is 21.6. The van der Waals surface area contributed by atoms with E-state index in [2.05, 4.69) is 4.98 Å². The van der Waals surface area contributed by atoms with Crippen LogP contribution in [0.25, 0.3) is 16.7 Å². The van der Waals surface area contributed by atoms with Crippen LogP contribution in [0.2, 0.25) is 5.02 Å². The summed E-state index contributed by atoms with van der Waals surface area (Å²) < 4.78 is 62.0. The maximum absolute atomic E-state index is 14.5. The molecule has 2 aromatic heterocycles. The number of rotatable bonds is 3. The van der Waals surface area contributed by atoms with Gasteiger partial charge >= 0.3 is 5.97 Å². The van der Waals surface area contributed by atoms with Gasteiger partial charge in [-0.05, 0) is 13.8 Å². The van der Waals surface area contributed by atoms with E-state index in [1.54, 1.807) is 0 Å². The number of pyridine rings is 2. The SMILES string of the molecule is CCOC(=O)c1cn(-c2nc(N)c(F)cc2F)c2c(Cl)c(F)c(F)c(C)c2c1=O. The van der Waals surface area contributed by atoms with E-state index in [-0.39, 0.29) is 6.61 Å². The van der Waals surface area contributed by atoms with Crippen molar-refractivity contribution in [1.29, 1.82) is 0 Å². The second-order valence-electron chi connectivity index (χ2n) is 5.91. The predicted octanol–water partition coefficient (Wildman–Crippen LogP) is 3.66. The van der Waals surface area contributed by atoms with E-state index in [1.807, 2.05) is 0 Å². The molecule has 0 atom stereocenters. The maximum atomic E-state index is 14.5. The molecule has 29 heavy (non-hydrogen) atoms. The molecule has 1 aromatic carbocycles. The largest absolute Gasteiger partial charge is 0.462 e. The molecule has 0 bridgehead atoms. The van der Waals surface area contributed by atoms with Crippen molar-refractivity contribution in [2.24, 2.45) is 0 Å². The summed E-state index contributed by atoms with van der Waals surface area (Å²) in [7, 11) is 0. The Kier molecular flexibility index (Phi) is 5.22. The first-order valence-electron chi connectivity index (χ1n) is 8.11. The molecule has 0 saturated carbocycles. The quantitative estimate of drug-likeness (QED) is 0.390. The van der Waals surface area contributed by atoms with Crippen LogP contribution >= 0.6 is 11.6 Å². The van der Waals surface area contributed by atoms with Gasteiger partial charge < -0.3 is 10.5 Å². The number of anilines is 1. The molecular formula is C18H12ClF4N3O3. The smallest absolute Gasteiger partial charge is 0.343 e. The van der Waals surface area contributed by atoms with Gasteiger partial charge in [0.25, 0.3) is 0 Å². The van der Waals surface area contributed by atoms with Crippen molar-refractivity contribution in [3.8, 4) is 5.82 Å². The third kappa shape index (κ3) is 3.19. The van der Waals surface area contributed by atoms with Crippen LogP contribution < -0.4 is 11.2 Å². The zero-order valence-corrected chi connectivity index (χ0v) is 15.7. The van der Waals surface area contributed by atoms with Crippen molar-refractivity contribution in [3.05, 3.63) is 61.9 Å². The summed E-state index contributed by atoms with van der Waals surface area (Å²) in [5.74, 6) is -7.82. The Morgan fingerprint density at radius 3 is 2.52 bits per heavy atom. The molecule has 11 heteroatoms. The van der Waals surface area contributed by atoms with Crippen molar-refractivity contribution in [2.45, 2.75) is 13.8 Å². The monoisotopic (exact) mass is 429 g/mol. The van der Waals surface area contributed by atoms with Crippen LogP contribution in [0.4, 0.5) is 23.4 Å². The first-order chi connectivity index (χ1) is 13.6. The molecule has 6 nitrogen and oxygen atoms in total. The average Bonchev–Trinajstić information content (AvgIpc) is 2.67. The molecule has 152 valence electrons. The summed E-state index contributed by atoms with van der Waals surface area (Å²) in [6, 6.07) is 0.409. The van der Waals surface area contributed by atoms with Crippen molar-refractivity contribution in [2.75, 3.05) is 12.3 Å². The fourth-order valence-corrected chi connectivity index (χ4v) is 3.08. The van der Waals surface area contributed by atoms with E-state index in [1.165, 1.54) is 6.92 Å². The van der Waals surface area contributed by atoms with E-state index in [4.69, 9.17) is 22.1 Å². The van der Waals surface area contributed by atoms with Crippen LogP contribution in [0, 0.1) is 30.2 Å². The Hall–Kier alpha value is -3.14. The number of nitrogen functional groups attached to an aromatic ring is 1. The lowest BCUT2D eigenvalue weighted by molar-refractivity contribution is 0.0524. The highest BCUT2D eigenvalue weighted by Gasteiger charge is 2.27. The molecule has 0 radical (unpaired) electrons. The minimum Gasteiger partial charge on any atom is -0.462 e. The van der Waals surface area contributed by atoms with Crippen LogP contribution in [0.5, 0.6) is 0 Å². The van der Waals surface area contributed by atoms with E-state index in [0.717, 1.165) is 17.7 Å². The highest BCUT2D eigenvalue weighted by molar-refractivity contribution is 6.35. The van der Waals surface area contributed by atoms with Crippen LogP contribution in [-0.4, -0.2) is 22.1 Å². The average molecular weight is 430 g/mol. The topological polar surface area (TPSA) is 87.2 Å². The van der Waals surface area contributed by atoms with Gasteiger partial charge in [-0.25, -0.2) is 27.3 Å². The Bertz CT molecular complexity index is 1240. The first-order valence-corrected chi connectivity index (χ1v) is 8.49. The van der Waals surface area contributed by atoms with E-state index in [9.17, 15) is 27.2 Å². The van der Waals surface area contributed by atoms with Gasteiger partial charge in [-0.3, -0.25) is 9.36 Å². The van der Waals surface area contributed by atoms with Crippen molar-refractivity contribution in [1.82, 2.24) is 9.55 Å². The van der Waals surface area contributed by atoms with Gasteiger partial charge in [-0.15, -0.1) is 0 Å². The van der Waals surface area contributed by atoms with Crippen LogP contribution in [0.1, 0.15) is 22.8 Å². The number of nitrogens with two attached hydrogens (primary N) is 1. The molecule has 0 saturated heterocycles. The van der Waals surface area contributed by atoms with Gasteiger partial charge in [-0.1, -0.05) is 11.6 Å². The van der Waals surface area contributed by atoms with Gasteiger partial charge in [0.2, 0.25) is 5.43 Å². The summed E-state index contributed by atoms with van der Waals surface area (Å²) in [6.45, 7) is 2.47. The number of benzene rings is 1. The molecule has 0 amide bonds. The number of hydrogen-bond acceptors (Lipinski definition) is 5. The van der Waals surface area contributed by atoms with E-state index < -0.39 is 73.4 Å². The second kappa shape index (κ2) is 7.36. The first kappa shape index (κ1) is 20.6. The highest BCUT2D eigenvalue weighted by atomic mass is 35.5. The number of aromatic nitrogens is 2. The number of aryl methyl sites for hydroxylation is 1. The number of nitrogens with zero attached hydrogens (tertiary/aromatic N) is 2. The third-order valence-electron chi connectivity index (χ3n) is 4.17. The van der Waals surface area contributed by atoms with Crippen LogP contribution in [0.15, 0.2) is 17.1 Å². The maximum Gasteiger partial charge on any atom is 0.343 e. The van der Waals surface area contributed by atoms with Gasteiger partial charge in [0.15, 0.2) is 34.9 Å². The summed E-state index contributed by atoms with van der Waals surface area (Å²) in [4.78, 5) is 28.6. The molecule has 0 aliphatic carbocycles. The molecule has 3 aromatic rings. The number of hydrogen-bond donors (Lipinski definition) is 1. The predicted molar refractivity (Wildman–Crippen MR) is 97.3 cm³/mol. The van der Waals surface area contributed by atoms with Crippen LogP contribution in [-0.2, 0) is 4.74 Å². The van der Waals surface area contributed by atoms with E-state index >= 15 is 0 Å². The number of carbonyl (C=O) groups excluding carboxylic acids is 1. The normalized spacial score (nSPS) is 11.1. The Labute approximate surface area is 165 Å². The molecule has 3 rings (SSSR count). The third-order valence-corrected chi connectivity index (χ3v) is 4.51. The lowest BCUT2D eigenvalue weighted by Gasteiger charge is -2.17. The van der Waals surface area contributed by atoms with E-state index in [0.29, 0.717) is 6.07 Å². The van der Waals surface area contributed by atoms with Crippen molar-refractivity contribution >= 4 is 34.3 Å². The summed E-state index contributed by atoms with van der Waals surface area (Å²) in [6.07, 6.45) is 0.800. The molecule has 0 spiro atoms. The molecule has 0 aliphatic rings. The van der Waals surface area contributed by atoms with Gasteiger partial charge in [0, 0.05) is 17.8 Å². The number of fused-ring (bicyclic) bond motifs is 1. The molecule has 0 fully saturated rings. The number of halogens is 5. The molecule has 0 aliphatic heterocycles. The Morgan fingerprint density at radius 1 is 1.24 bits per heavy atom. The minimum absolute atomic E-state index is 0.0933. The summed E-state index contributed by atoms with van der Waals surface area (Å²) >= 11 is 5.90. The minimum atomic E-state index is -1.50. The molecular weight excluding hydrogens is 418 g/mol. The van der Waals surface area contributed by atoms with Gasteiger partial charge in [0.1, 0.15) is 10.6 Å². The fourth-order valence-electron chi connectivity index (χ4n) is 2.81. The second-order valence-corrected chi connectivity index (χ2v) is 6.29. The summed E-state index contributed by atoms with van der Waals surface area (Å²) in [5.41, 5.74) is 2.81. The Morgan fingerprint density at radius 2 is 1.90 bits per heavy atom. The lowest BCUT2D eigenvalue weighted by atomic mass is 10.0. The molecule has 2 N–H and O–H groups in total. The molecule has 2 heterocycles. The number of esters is 1. The zero-order valence-electron chi connectivity index (χ0n) is 14.9. The number of ether oxygens (including phenoxy) is 1. The van der Waals surface area contributed by atoms with Gasteiger partial charge in [0.05, 0.1) is 17.5 Å². The highest BCUT2D eigenvalue weighted by Crippen LogP contribution is 2.33. The Balaban J connectivity index is 2.59. The van der Waals surface area contributed by atoms with Crippen molar-refractivity contribution < 1.29 is 27.1 Å².